The first kappa shape index (κ1) is 25.5. The fraction of sp³-hybridized carbons (Fsp3) is 0.375. The minimum Gasteiger partial charge on any atom is -0.390 e. The molecule has 0 aliphatic rings. The van der Waals surface area contributed by atoms with Crippen molar-refractivity contribution >= 4 is 27.6 Å². The zero-order valence-electron chi connectivity index (χ0n) is 18.9. The van der Waals surface area contributed by atoms with E-state index in [1.54, 1.807) is 55.5 Å². The van der Waals surface area contributed by atoms with Crippen LogP contribution in [0.5, 0.6) is 0 Å². The molecule has 0 heterocycles. The van der Waals surface area contributed by atoms with Crippen molar-refractivity contribution in [1.82, 2.24) is 0 Å². The van der Waals surface area contributed by atoms with Crippen molar-refractivity contribution in [2.24, 2.45) is 0 Å². The quantitative estimate of drug-likeness (QED) is 0.275. The summed E-state index contributed by atoms with van der Waals surface area (Å²) in [6.45, 7) is 5.56. The van der Waals surface area contributed by atoms with Crippen LogP contribution in [0.15, 0.2) is 54.6 Å². The number of halogens is 1. The summed E-state index contributed by atoms with van der Waals surface area (Å²) in [4.78, 5) is 0. The third-order valence-electron chi connectivity index (χ3n) is 5.52. The number of rotatable bonds is 11. The number of alkyl halides is 1. The van der Waals surface area contributed by atoms with E-state index >= 15 is 0 Å². The average molecular weight is 462 g/mol. The number of benzene rings is 2. The third kappa shape index (κ3) is 5.75. The van der Waals surface area contributed by atoms with Crippen LogP contribution in [0.1, 0.15) is 56.5 Å². The van der Waals surface area contributed by atoms with Crippen molar-refractivity contribution in [1.29, 1.82) is 5.41 Å². The van der Waals surface area contributed by atoms with Crippen LogP contribution in [-0.4, -0.2) is 32.1 Å². The maximum atomic E-state index is 14.3. The van der Waals surface area contributed by atoms with Gasteiger partial charge in [-0.25, -0.2) is 12.8 Å². The first-order chi connectivity index (χ1) is 15.1. The van der Waals surface area contributed by atoms with Gasteiger partial charge in [0.05, 0.1) is 23.6 Å². The molecule has 3 unspecified atom stereocenters. The molecule has 0 radical (unpaired) electrons. The smallest absolute Gasteiger partial charge is 0.229 e. The second kappa shape index (κ2) is 10.7. The lowest BCUT2D eigenvalue weighted by molar-refractivity contribution is 0.0885. The highest BCUT2D eigenvalue weighted by atomic mass is 32.2. The number of hydrogen-bond acceptors (Lipinski definition) is 5. The highest BCUT2D eigenvalue weighted by Crippen LogP contribution is 2.37. The maximum absolute atomic E-state index is 14.3. The fourth-order valence-corrected chi connectivity index (χ4v) is 4.41. The van der Waals surface area contributed by atoms with Gasteiger partial charge in [0.1, 0.15) is 6.17 Å². The molecule has 8 heteroatoms. The number of aliphatic hydroxyl groups is 1. The Balaban J connectivity index is 2.58. The van der Waals surface area contributed by atoms with Crippen molar-refractivity contribution in [2.45, 2.75) is 51.4 Å². The molecule has 6 nitrogen and oxygen atoms in total. The molecule has 2 rings (SSSR count). The number of hydrogen-bond donors (Lipinski definition) is 4. The monoisotopic (exact) mass is 461 g/mol. The summed E-state index contributed by atoms with van der Waals surface area (Å²) < 4.78 is 40.2. The Hall–Kier alpha value is -2.71. The van der Waals surface area contributed by atoms with E-state index < -0.39 is 27.8 Å². The minimum absolute atomic E-state index is 0.269. The summed E-state index contributed by atoms with van der Waals surface area (Å²) in [5.41, 5.74) is 1.48. The van der Waals surface area contributed by atoms with Gasteiger partial charge in [-0.3, -0.25) is 4.72 Å². The first-order valence-corrected chi connectivity index (χ1v) is 12.5. The lowest BCUT2D eigenvalue weighted by atomic mass is 9.80. The number of nitrogens with one attached hydrogen (secondary N) is 3. The van der Waals surface area contributed by atoms with Gasteiger partial charge in [0.15, 0.2) is 0 Å². The average Bonchev–Trinajstić information content (AvgIpc) is 2.76. The van der Waals surface area contributed by atoms with Crippen LogP contribution in [0.25, 0.3) is 0 Å². The van der Waals surface area contributed by atoms with E-state index in [0.717, 1.165) is 18.0 Å². The first-order valence-electron chi connectivity index (χ1n) is 10.6. The van der Waals surface area contributed by atoms with Gasteiger partial charge in [0.2, 0.25) is 10.0 Å². The van der Waals surface area contributed by atoms with Crippen LogP contribution in [0.2, 0.25) is 0 Å². The molecule has 0 spiro atoms. The van der Waals surface area contributed by atoms with Crippen molar-refractivity contribution < 1.29 is 17.9 Å². The fourth-order valence-electron chi connectivity index (χ4n) is 3.83. The molecule has 32 heavy (non-hydrogen) atoms. The number of allylic oxidation sites excluding steroid dienone is 2. The molecular formula is C24H32FN3O3S. The van der Waals surface area contributed by atoms with Gasteiger partial charge in [0.25, 0.3) is 0 Å². The lowest BCUT2D eigenvalue weighted by Crippen LogP contribution is -2.46. The Labute approximate surface area is 190 Å². The van der Waals surface area contributed by atoms with Crippen LogP contribution >= 0.6 is 0 Å². The predicted molar refractivity (Wildman–Crippen MR) is 130 cm³/mol. The molecule has 0 saturated carbocycles. The van der Waals surface area contributed by atoms with Crippen LogP contribution < -0.4 is 10.0 Å². The number of aliphatic hydroxyl groups excluding tert-OH is 1. The van der Waals surface area contributed by atoms with E-state index in [0.29, 0.717) is 29.7 Å². The van der Waals surface area contributed by atoms with Gasteiger partial charge >= 0.3 is 0 Å². The normalized spacial score (nSPS) is 15.7. The molecule has 174 valence electrons. The largest absolute Gasteiger partial charge is 0.390 e. The van der Waals surface area contributed by atoms with Crippen molar-refractivity contribution in [2.75, 3.05) is 16.3 Å². The van der Waals surface area contributed by atoms with E-state index in [9.17, 15) is 17.9 Å². The van der Waals surface area contributed by atoms with Gasteiger partial charge in [-0.1, -0.05) is 56.3 Å². The van der Waals surface area contributed by atoms with Crippen LogP contribution in [-0.2, 0) is 15.6 Å². The molecule has 0 aliphatic carbocycles. The Morgan fingerprint density at radius 1 is 1.16 bits per heavy atom. The summed E-state index contributed by atoms with van der Waals surface area (Å²) in [6.07, 6.45) is 4.20. The second-order valence-electron chi connectivity index (χ2n) is 7.71. The molecular weight excluding hydrogens is 429 g/mol. The van der Waals surface area contributed by atoms with Gasteiger partial charge in [-0.2, -0.15) is 0 Å². The number of anilines is 2. The van der Waals surface area contributed by atoms with E-state index in [-0.39, 0.29) is 5.69 Å². The van der Waals surface area contributed by atoms with Crippen molar-refractivity contribution in [3.05, 3.63) is 71.3 Å². The molecule has 3 atom stereocenters. The zero-order valence-corrected chi connectivity index (χ0v) is 19.7. The Morgan fingerprint density at radius 3 is 2.28 bits per heavy atom. The Kier molecular flexibility index (Phi) is 8.58. The maximum Gasteiger partial charge on any atom is 0.229 e. The van der Waals surface area contributed by atoms with E-state index in [1.807, 2.05) is 13.8 Å². The SMILES string of the molecule is CC=CC(F)c1ccc(C(CC)(Nc2cccc(NS(C)(=O)=O)c2C=N)C(O)CC)cc1. The van der Waals surface area contributed by atoms with Crippen LogP contribution in [0, 0.1) is 5.41 Å². The zero-order chi connectivity index (χ0) is 23.9. The molecule has 0 saturated heterocycles. The molecule has 4 N–H and O–H groups in total. The standard InChI is InChI=1S/C24H32FN3O3S/c1-5-9-20(25)17-12-14-18(15-13-17)24(7-3,23(29)6-2)27-21-10-8-11-22(19(21)16-26)28-32(4,30)31/h5,8-16,20,23,26-29H,6-7H2,1-4H3. The molecule has 0 aromatic heterocycles. The van der Waals surface area contributed by atoms with Crippen molar-refractivity contribution in [3.8, 4) is 0 Å². The Bertz CT molecular complexity index is 1050. The molecule has 0 fully saturated rings. The Morgan fingerprint density at radius 2 is 1.78 bits per heavy atom. The third-order valence-corrected chi connectivity index (χ3v) is 6.11. The lowest BCUT2D eigenvalue weighted by Gasteiger charge is -2.40. The van der Waals surface area contributed by atoms with E-state index in [1.165, 1.54) is 6.08 Å². The summed E-state index contributed by atoms with van der Waals surface area (Å²) in [6, 6.07) is 12.0. The molecule has 2 aromatic rings. The van der Waals surface area contributed by atoms with Gasteiger partial charge in [-0.15, -0.1) is 0 Å². The van der Waals surface area contributed by atoms with Crippen LogP contribution in [0.4, 0.5) is 15.8 Å². The van der Waals surface area contributed by atoms with E-state index in [2.05, 4.69) is 10.0 Å². The van der Waals surface area contributed by atoms with Crippen LogP contribution in [0.3, 0.4) is 0 Å². The molecule has 0 aliphatic heterocycles. The highest BCUT2D eigenvalue weighted by molar-refractivity contribution is 7.92. The molecule has 0 amide bonds. The summed E-state index contributed by atoms with van der Waals surface area (Å²) in [7, 11) is -3.54. The predicted octanol–water partition coefficient (Wildman–Crippen LogP) is 5.13. The highest BCUT2D eigenvalue weighted by Gasteiger charge is 2.38. The van der Waals surface area contributed by atoms with Gasteiger partial charge < -0.3 is 15.8 Å². The van der Waals surface area contributed by atoms with Gasteiger partial charge in [-0.05, 0) is 43.0 Å². The van der Waals surface area contributed by atoms with Crippen molar-refractivity contribution in [3.63, 3.8) is 0 Å². The summed E-state index contributed by atoms with van der Waals surface area (Å²) in [5, 5.41) is 22.3. The number of sulfonamides is 1. The molecule has 2 aromatic carbocycles. The minimum atomic E-state index is -3.54. The van der Waals surface area contributed by atoms with E-state index in [4.69, 9.17) is 5.41 Å². The summed E-state index contributed by atoms with van der Waals surface area (Å²) >= 11 is 0. The topological polar surface area (TPSA) is 102 Å². The van der Waals surface area contributed by atoms with Gasteiger partial charge in [0, 0.05) is 17.5 Å². The summed E-state index contributed by atoms with van der Waals surface area (Å²) in [5.74, 6) is 0. The molecule has 0 bridgehead atoms. The second-order valence-corrected chi connectivity index (χ2v) is 9.46.